The fourth-order valence-electron chi connectivity index (χ4n) is 1.72. The maximum absolute atomic E-state index is 11.2. The number of hydrogen-bond donors (Lipinski definition) is 2. The van der Waals surface area contributed by atoms with Crippen LogP contribution in [0.2, 0.25) is 0 Å². The zero-order chi connectivity index (χ0) is 12.5. The molecule has 0 bridgehead atoms. The SMILES string of the molecule is O=C(O)c1csc(NCC2CCS(=O)(=O)C2)n1. The average molecular weight is 276 g/mol. The van der Waals surface area contributed by atoms with Gasteiger partial charge in [-0.1, -0.05) is 0 Å². The number of anilines is 1. The van der Waals surface area contributed by atoms with E-state index in [-0.39, 0.29) is 23.1 Å². The minimum Gasteiger partial charge on any atom is -0.476 e. The lowest BCUT2D eigenvalue weighted by molar-refractivity contribution is 0.0691. The first kappa shape index (κ1) is 12.3. The van der Waals surface area contributed by atoms with E-state index in [1.165, 1.54) is 16.7 Å². The Morgan fingerprint density at radius 2 is 2.41 bits per heavy atom. The average Bonchev–Trinajstić information content (AvgIpc) is 2.81. The summed E-state index contributed by atoms with van der Waals surface area (Å²) in [5.74, 6) is -0.510. The number of thiazole rings is 1. The van der Waals surface area contributed by atoms with Gasteiger partial charge in [-0.3, -0.25) is 0 Å². The molecule has 8 heteroatoms. The third-order valence-corrected chi connectivity index (χ3v) is 5.23. The summed E-state index contributed by atoms with van der Waals surface area (Å²) < 4.78 is 22.5. The van der Waals surface area contributed by atoms with Crippen molar-refractivity contribution in [3.8, 4) is 0 Å². The minimum atomic E-state index is -2.86. The first-order valence-electron chi connectivity index (χ1n) is 5.09. The third-order valence-electron chi connectivity index (χ3n) is 2.59. The van der Waals surface area contributed by atoms with E-state index in [0.717, 1.165) is 0 Å². The van der Waals surface area contributed by atoms with Gasteiger partial charge >= 0.3 is 5.97 Å². The van der Waals surface area contributed by atoms with Crippen LogP contribution in [0.15, 0.2) is 5.38 Å². The van der Waals surface area contributed by atoms with Gasteiger partial charge in [0.25, 0.3) is 0 Å². The highest BCUT2D eigenvalue weighted by atomic mass is 32.2. The quantitative estimate of drug-likeness (QED) is 0.839. The van der Waals surface area contributed by atoms with Gasteiger partial charge in [-0.15, -0.1) is 11.3 Å². The molecule has 1 aromatic heterocycles. The molecular formula is C9H12N2O4S2. The number of aromatic carboxylic acids is 1. The molecule has 0 radical (unpaired) electrons. The van der Waals surface area contributed by atoms with Gasteiger partial charge in [-0.05, 0) is 12.3 Å². The molecule has 2 rings (SSSR count). The number of nitrogens with one attached hydrogen (secondary N) is 1. The van der Waals surface area contributed by atoms with Crippen molar-refractivity contribution in [1.29, 1.82) is 0 Å². The number of carboxylic acid groups (broad SMARTS) is 1. The Morgan fingerprint density at radius 3 is 2.94 bits per heavy atom. The fraction of sp³-hybridized carbons (Fsp3) is 0.556. The van der Waals surface area contributed by atoms with Crippen LogP contribution in [0.5, 0.6) is 0 Å². The molecule has 0 aliphatic carbocycles. The molecule has 0 saturated carbocycles. The maximum atomic E-state index is 11.2. The van der Waals surface area contributed by atoms with E-state index in [1.54, 1.807) is 0 Å². The Bertz CT molecular complexity index is 523. The molecule has 1 saturated heterocycles. The summed E-state index contributed by atoms with van der Waals surface area (Å²) in [6.45, 7) is 0.520. The van der Waals surface area contributed by atoms with Crippen molar-refractivity contribution in [2.45, 2.75) is 6.42 Å². The monoisotopic (exact) mass is 276 g/mol. The molecule has 1 aliphatic heterocycles. The molecule has 1 atom stereocenters. The van der Waals surface area contributed by atoms with E-state index < -0.39 is 15.8 Å². The van der Waals surface area contributed by atoms with E-state index >= 15 is 0 Å². The zero-order valence-corrected chi connectivity index (χ0v) is 10.6. The Kier molecular flexibility index (Phi) is 3.34. The van der Waals surface area contributed by atoms with Crippen molar-refractivity contribution in [3.63, 3.8) is 0 Å². The topological polar surface area (TPSA) is 96.4 Å². The maximum Gasteiger partial charge on any atom is 0.355 e. The first-order chi connectivity index (χ1) is 7.96. The van der Waals surface area contributed by atoms with Crippen molar-refractivity contribution in [2.24, 2.45) is 5.92 Å². The highest BCUT2D eigenvalue weighted by Crippen LogP contribution is 2.21. The highest BCUT2D eigenvalue weighted by Gasteiger charge is 2.27. The van der Waals surface area contributed by atoms with Crippen LogP contribution in [0.3, 0.4) is 0 Å². The van der Waals surface area contributed by atoms with Crippen LogP contribution in [-0.2, 0) is 9.84 Å². The number of nitrogens with zero attached hydrogens (tertiary/aromatic N) is 1. The van der Waals surface area contributed by atoms with Crippen LogP contribution in [0.4, 0.5) is 5.13 Å². The van der Waals surface area contributed by atoms with Gasteiger partial charge in [0.1, 0.15) is 0 Å². The van der Waals surface area contributed by atoms with Crippen molar-refractivity contribution < 1.29 is 18.3 Å². The lowest BCUT2D eigenvalue weighted by Gasteiger charge is -2.07. The van der Waals surface area contributed by atoms with Crippen LogP contribution in [0, 0.1) is 5.92 Å². The summed E-state index contributed by atoms with van der Waals surface area (Å²) >= 11 is 1.21. The summed E-state index contributed by atoms with van der Waals surface area (Å²) in [5.41, 5.74) is 0.0107. The second-order valence-electron chi connectivity index (χ2n) is 3.99. The summed E-state index contributed by atoms with van der Waals surface area (Å²) in [6, 6.07) is 0. The van der Waals surface area contributed by atoms with E-state index in [9.17, 15) is 13.2 Å². The van der Waals surface area contributed by atoms with E-state index in [0.29, 0.717) is 18.1 Å². The van der Waals surface area contributed by atoms with Crippen molar-refractivity contribution in [1.82, 2.24) is 4.98 Å². The summed E-state index contributed by atoms with van der Waals surface area (Å²) in [6.07, 6.45) is 0.659. The van der Waals surface area contributed by atoms with Crippen molar-refractivity contribution >= 4 is 32.3 Å². The molecule has 0 spiro atoms. The molecule has 1 fully saturated rings. The smallest absolute Gasteiger partial charge is 0.355 e. The normalized spacial score (nSPS) is 22.5. The molecular weight excluding hydrogens is 264 g/mol. The lowest BCUT2D eigenvalue weighted by Crippen LogP contribution is -2.15. The molecule has 94 valence electrons. The van der Waals surface area contributed by atoms with Crippen molar-refractivity contribution in [3.05, 3.63) is 11.1 Å². The molecule has 2 heterocycles. The van der Waals surface area contributed by atoms with E-state index in [1.807, 2.05) is 0 Å². The molecule has 0 amide bonds. The van der Waals surface area contributed by atoms with Gasteiger partial charge < -0.3 is 10.4 Å². The number of carbonyl (C=O) groups is 1. The Labute approximate surface area is 103 Å². The first-order valence-corrected chi connectivity index (χ1v) is 7.79. The van der Waals surface area contributed by atoms with Crippen LogP contribution >= 0.6 is 11.3 Å². The molecule has 0 aromatic carbocycles. The van der Waals surface area contributed by atoms with Crippen LogP contribution in [0.1, 0.15) is 16.9 Å². The summed E-state index contributed by atoms with van der Waals surface area (Å²) in [5, 5.41) is 13.6. The number of aromatic nitrogens is 1. The molecule has 1 aliphatic rings. The molecule has 17 heavy (non-hydrogen) atoms. The lowest BCUT2D eigenvalue weighted by atomic mass is 10.1. The van der Waals surface area contributed by atoms with Crippen LogP contribution in [-0.4, -0.2) is 42.5 Å². The molecule has 2 N–H and O–H groups in total. The Morgan fingerprint density at radius 1 is 1.65 bits per heavy atom. The number of carboxylic acids is 1. The predicted octanol–water partition coefficient (Wildman–Crippen LogP) is 0.688. The molecule has 1 unspecified atom stereocenters. The van der Waals surface area contributed by atoms with Gasteiger partial charge in [-0.2, -0.15) is 0 Å². The van der Waals surface area contributed by atoms with Crippen molar-refractivity contribution in [2.75, 3.05) is 23.4 Å². The second-order valence-corrected chi connectivity index (χ2v) is 7.08. The zero-order valence-electron chi connectivity index (χ0n) is 8.92. The Balaban J connectivity index is 1.88. The third kappa shape index (κ3) is 3.16. The van der Waals surface area contributed by atoms with Gasteiger partial charge in [0, 0.05) is 11.9 Å². The minimum absolute atomic E-state index is 0.0107. The summed E-state index contributed by atoms with van der Waals surface area (Å²) in [7, 11) is -2.86. The molecule has 1 aromatic rings. The number of sulfone groups is 1. The standard InChI is InChI=1S/C9H12N2O4S2/c12-8(13)7-4-16-9(11-7)10-3-6-1-2-17(14,15)5-6/h4,6H,1-3,5H2,(H,10,11)(H,12,13). The number of rotatable bonds is 4. The van der Waals surface area contributed by atoms with Gasteiger partial charge in [-0.25, -0.2) is 18.2 Å². The largest absolute Gasteiger partial charge is 0.476 e. The van der Waals surface area contributed by atoms with Gasteiger partial charge in [0.05, 0.1) is 11.5 Å². The highest BCUT2D eigenvalue weighted by molar-refractivity contribution is 7.91. The van der Waals surface area contributed by atoms with Gasteiger partial charge in [0.15, 0.2) is 20.7 Å². The van der Waals surface area contributed by atoms with E-state index in [4.69, 9.17) is 5.11 Å². The van der Waals surface area contributed by atoms with E-state index in [2.05, 4.69) is 10.3 Å². The number of hydrogen-bond acceptors (Lipinski definition) is 6. The fourth-order valence-corrected chi connectivity index (χ4v) is 4.27. The predicted molar refractivity (Wildman–Crippen MR) is 64.3 cm³/mol. The molecule has 6 nitrogen and oxygen atoms in total. The van der Waals surface area contributed by atoms with Gasteiger partial charge in [0.2, 0.25) is 0 Å². The second kappa shape index (κ2) is 4.61. The summed E-state index contributed by atoms with van der Waals surface area (Å²) in [4.78, 5) is 14.5. The van der Waals surface area contributed by atoms with Crippen LogP contribution < -0.4 is 5.32 Å². The Hall–Kier alpha value is -1.15. The van der Waals surface area contributed by atoms with Crippen LogP contribution in [0.25, 0.3) is 0 Å².